The van der Waals surface area contributed by atoms with E-state index in [-0.39, 0.29) is 0 Å². The van der Waals surface area contributed by atoms with Crippen molar-refractivity contribution in [3.8, 4) is 108 Å². The highest BCUT2D eigenvalue weighted by molar-refractivity contribution is 5.87. The lowest BCUT2D eigenvalue weighted by atomic mass is 9.93. The van der Waals surface area contributed by atoms with Crippen molar-refractivity contribution in [2.24, 2.45) is 0 Å². The Labute approximate surface area is 360 Å². The summed E-state index contributed by atoms with van der Waals surface area (Å²) >= 11 is 0. The van der Waals surface area contributed by atoms with Crippen molar-refractivity contribution in [2.45, 2.75) is 0 Å². The third-order valence-electron chi connectivity index (χ3n) is 10.8. The number of nitriles is 1. The Morgan fingerprint density at radius 1 is 0.258 bits per heavy atom. The SMILES string of the molecule is N#Cc1ccccc1-c1cccc(-c2nc(-c3ccccc3)nc(-c3ccc(-c4cc(-c5ccccc5)ccc4-c4nc(-c5ccccc5)cc(-c5ccccc5)n4)cc3)n2)c1. The van der Waals surface area contributed by atoms with Gasteiger partial charge >= 0.3 is 0 Å². The average molecular weight is 793 g/mol. The maximum atomic E-state index is 9.84. The largest absolute Gasteiger partial charge is 0.228 e. The molecule has 0 amide bonds. The second kappa shape index (κ2) is 16.9. The summed E-state index contributed by atoms with van der Waals surface area (Å²) in [5.41, 5.74) is 13.8. The second-order valence-corrected chi connectivity index (χ2v) is 14.8. The zero-order chi connectivity index (χ0) is 41.7. The molecule has 290 valence electrons. The van der Waals surface area contributed by atoms with Crippen LogP contribution in [0.15, 0.2) is 218 Å². The highest BCUT2D eigenvalue weighted by atomic mass is 15.0. The van der Waals surface area contributed by atoms with E-state index < -0.39 is 0 Å². The quantitative estimate of drug-likeness (QED) is 0.145. The third-order valence-corrected chi connectivity index (χ3v) is 10.8. The topological polar surface area (TPSA) is 88.2 Å². The Morgan fingerprint density at radius 3 is 1.31 bits per heavy atom. The summed E-state index contributed by atoms with van der Waals surface area (Å²) in [5.74, 6) is 2.29. The van der Waals surface area contributed by atoms with E-state index in [1.54, 1.807) is 0 Å². The van der Waals surface area contributed by atoms with Crippen LogP contribution < -0.4 is 0 Å². The lowest BCUT2D eigenvalue weighted by Crippen LogP contribution is -2.00. The molecule has 0 fully saturated rings. The van der Waals surface area contributed by atoms with Crippen LogP contribution in [0.3, 0.4) is 0 Å². The van der Waals surface area contributed by atoms with Crippen molar-refractivity contribution >= 4 is 0 Å². The first-order valence-corrected chi connectivity index (χ1v) is 20.4. The van der Waals surface area contributed by atoms with Gasteiger partial charge in [0.15, 0.2) is 23.3 Å². The monoisotopic (exact) mass is 792 g/mol. The van der Waals surface area contributed by atoms with Crippen LogP contribution in [0.1, 0.15) is 5.56 Å². The maximum Gasteiger partial charge on any atom is 0.164 e. The van der Waals surface area contributed by atoms with E-state index in [9.17, 15) is 5.26 Å². The first-order valence-electron chi connectivity index (χ1n) is 20.4. The van der Waals surface area contributed by atoms with Crippen molar-refractivity contribution in [1.82, 2.24) is 24.9 Å². The van der Waals surface area contributed by atoms with Gasteiger partial charge in [-0.1, -0.05) is 188 Å². The van der Waals surface area contributed by atoms with E-state index in [1.165, 1.54) is 0 Å². The molecular formula is C56H36N6. The molecule has 2 heterocycles. The van der Waals surface area contributed by atoms with E-state index in [1.807, 2.05) is 121 Å². The van der Waals surface area contributed by atoms with Gasteiger partial charge in [-0.05, 0) is 63.7 Å². The second-order valence-electron chi connectivity index (χ2n) is 14.8. The maximum absolute atomic E-state index is 9.84. The van der Waals surface area contributed by atoms with Crippen LogP contribution in [-0.4, -0.2) is 24.9 Å². The van der Waals surface area contributed by atoms with Crippen LogP contribution in [0, 0.1) is 11.3 Å². The Hall–Kier alpha value is -8.66. The van der Waals surface area contributed by atoms with Crippen LogP contribution in [0.2, 0.25) is 0 Å². The molecule has 0 saturated carbocycles. The molecule has 62 heavy (non-hydrogen) atoms. The molecule has 6 nitrogen and oxygen atoms in total. The summed E-state index contributed by atoms with van der Waals surface area (Å²) in [4.78, 5) is 25.5. The lowest BCUT2D eigenvalue weighted by molar-refractivity contribution is 1.07. The van der Waals surface area contributed by atoms with Crippen LogP contribution >= 0.6 is 0 Å². The number of aromatic nitrogens is 5. The summed E-state index contributed by atoms with van der Waals surface area (Å²) in [5, 5.41) is 9.84. The molecule has 0 bridgehead atoms. The Morgan fingerprint density at radius 2 is 0.710 bits per heavy atom. The zero-order valence-electron chi connectivity index (χ0n) is 33.5. The summed E-state index contributed by atoms with van der Waals surface area (Å²) in [6, 6.07) is 75.8. The van der Waals surface area contributed by atoms with E-state index in [0.29, 0.717) is 28.9 Å². The van der Waals surface area contributed by atoms with Crippen molar-refractivity contribution in [2.75, 3.05) is 0 Å². The molecule has 0 unspecified atom stereocenters. The van der Waals surface area contributed by atoms with Gasteiger partial charge in [-0.3, -0.25) is 0 Å². The van der Waals surface area contributed by atoms with Crippen molar-refractivity contribution in [3.63, 3.8) is 0 Å². The van der Waals surface area contributed by atoms with Crippen LogP contribution in [-0.2, 0) is 0 Å². The molecule has 0 spiro atoms. The molecule has 6 heteroatoms. The number of benzene rings is 8. The number of rotatable bonds is 9. The lowest BCUT2D eigenvalue weighted by Gasteiger charge is -2.15. The number of nitrogens with zero attached hydrogens (tertiary/aromatic N) is 6. The van der Waals surface area contributed by atoms with Crippen molar-refractivity contribution < 1.29 is 0 Å². The number of hydrogen-bond donors (Lipinski definition) is 0. The Balaban J connectivity index is 1.10. The number of hydrogen-bond acceptors (Lipinski definition) is 6. The molecule has 0 aliphatic rings. The molecule has 8 aromatic carbocycles. The van der Waals surface area contributed by atoms with Crippen molar-refractivity contribution in [1.29, 1.82) is 5.26 Å². The van der Waals surface area contributed by atoms with E-state index in [4.69, 9.17) is 24.9 Å². The van der Waals surface area contributed by atoms with Gasteiger partial charge in [0.1, 0.15) is 0 Å². The molecular weight excluding hydrogens is 757 g/mol. The minimum Gasteiger partial charge on any atom is -0.228 e. The fourth-order valence-electron chi connectivity index (χ4n) is 7.68. The van der Waals surface area contributed by atoms with Gasteiger partial charge in [0.25, 0.3) is 0 Å². The summed E-state index contributed by atoms with van der Waals surface area (Å²) < 4.78 is 0. The molecule has 10 rings (SSSR count). The predicted octanol–water partition coefficient (Wildman–Crippen LogP) is 13.5. The molecule has 10 aromatic rings. The van der Waals surface area contributed by atoms with Gasteiger partial charge in [0.05, 0.1) is 23.0 Å². The van der Waals surface area contributed by atoms with Crippen LogP contribution in [0.25, 0.3) is 101 Å². The van der Waals surface area contributed by atoms with E-state index in [0.717, 1.165) is 78.1 Å². The third kappa shape index (κ3) is 7.78. The summed E-state index contributed by atoms with van der Waals surface area (Å²) in [6.45, 7) is 0. The smallest absolute Gasteiger partial charge is 0.164 e. The Bertz CT molecular complexity index is 3160. The van der Waals surface area contributed by atoms with E-state index >= 15 is 0 Å². The van der Waals surface area contributed by atoms with Gasteiger partial charge in [-0.25, -0.2) is 24.9 Å². The molecule has 0 saturated heterocycles. The van der Waals surface area contributed by atoms with E-state index in [2.05, 4.69) is 103 Å². The molecule has 0 aliphatic heterocycles. The molecule has 0 radical (unpaired) electrons. The van der Waals surface area contributed by atoms with Gasteiger partial charge in [-0.2, -0.15) is 5.26 Å². The average Bonchev–Trinajstić information content (AvgIpc) is 3.37. The Kier molecular flexibility index (Phi) is 10.3. The molecule has 0 N–H and O–H groups in total. The fourth-order valence-corrected chi connectivity index (χ4v) is 7.68. The molecule has 2 aromatic heterocycles. The minimum absolute atomic E-state index is 0.539. The summed E-state index contributed by atoms with van der Waals surface area (Å²) in [6.07, 6.45) is 0. The fraction of sp³-hybridized carbons (Fsp3) is 0. The van der Waals surface area contributed by atoms with Gasteiger partial charge in [0.2, 0.25) is 0 Å². The molecule has 0 aliphatic carbocycles. The minimum atomic E-state index is 0.539. The highest BCUT2D eigenvalue weighted by Gasteiger charge is 2.18. The predicted molar refractivity (Wildman–Crippen MR) is 249 cm³/mol. The van der Waals surface area contributed by atoms with Gasteiger partial charge in [0, 0.05) is 33.4 Å². The summed E-state index contributed by atoms with van der Waals surface area (Å²) in [7, 11) is 0. The zero-order valence-corrected chi connectivity index (χ0v) is 33.5. The van der Waals surface area contributed by atoms with Crippen molar-refractivity contribution in [3.05, 3.63) is 224 Å². The first-order chi connectivity index (χ1) is 30.7. The molecule has 0 atom stereocenters. The van der Waals surface area contributed by atoms with Crippen LogP contribution in [0.5, 0.6) is 0 Å². The highest BCUT2D eigenvalue weighted by Crippen LogP contribution is 2.38. The first kappa shape index (κ1) is 37.6. The standard InChI is InChI=1S/C56H36N6/c57-37-47-24-13-14-27-48(47)45-25-15-26-46(34-45)55-61-53(42-22-11-4-12-23-42)60-54(62-55)43-30-28-39(29-31-43)50-35-44(38-16-5-1-6-17-38)32-33-49(50)56-58-51(40-18-7-2-8-19-40)36-52(59-56)41-20-9-3-10-21-41/h1-36H. The van der Waals surface area contributed by atoms with Crippen LogP contribution in [0.4, 0.5) is 0 Å². The van der Waals surface area contributed by atoms with Gasteiger partial charge < -0.3 is 0 Å². The van der Waals surface area contributed by atoms with Gasteiger partial charge in [-0.15, -0.1) is 0 Å². The normalized spacial score (nSPS) is 10.9.